The molecule has 4 heteroatoms. The van der Waals surface area contributed by atoms with Gasteiger partial charge in [-0.15, -0.1) is 0 Å². The van der Waals surface area contributed by atoms with E-state index in [1.54, 1.807) is 11.6 Å². The molecule has 1 atom stereocenters. The molecule has 0 saturated carbocycles. The van der Waals surface area contributed by atoms with Gasteiger partial charge in [-0.25, -0.2) is 5.48 Å². The molecule has 134 valence electrons. The third kappa shape index (κ3) is 5.15. The van der Waals surface area contributed by atoms with Crippen LogP contribution in [0.15, 0.2) is 60.7 Å². The van der Waals surface area contributed by atoms with Crippen molar-refractivity contribution in [3.8, 4) is 0 Å². The molecule has 0 aromatic heterocycles. The van der Waals surface area contributed by atoms with E-state index in [1.807, 2.05) is 24.3 Å². The second kappa shape index (κ2) is 9.13. The molecule has 0 radical (unpaired) electrons. The Hall–Kier alpha value is -2.69. The summed E-state index contributed by atoms with van der Waals surface area (Å²) in [6.45, 7) is 1.81. The van der Waals surface area contributed by atoms with Crippen molar-refractivity contribution in [2.45, 2.75) is 19.4 Å². The van der Waals surface area contributed by atoms with Gasteiger partial charge in [-0.3, -0.25) is 10.0 Å². The molecule has 1 aliphatic rings. The normalized spacial score (nSPS) is 15.8. The van der Waals surface area contributed by atoms with Crippen LogP contribution in [0.5, 0.6) is 0 Å². The number of nitrogens with one attached hydrogen (secondary N) is 2. The lowest BCUT2D eigenvalue weighted by Gasteiger charge is -2.19. The molecule has 0 bridgehead atoms. The van der Waals surface area contributed by atoms with Crippen LogP contribution in [0.1, 0.15) is 28.7 Å². The van der Waals surface area contributed by atoms with Gasteiger partial charge in [0.25, 0.3) is 5.91 Å². The van der Waals surface area contributed by atoms with Crippen LogP contribution in [0, 0.1) is 5.92 Å². The minimum absolute atomic E-state index is 0.532. The summed E-state index contributed by atoms with van der Waals surface area (Å²) < 4.78 is 0. The fourth-order valence-electron chi connectivity index (χ4n) is 3.15. The van der Waals surface area contributed by atoms with E-state index in [0.717, 1.165) is 31.5 Å². The lowest BCUT2D eigenvalue weighted by molar-refractivity contribution is -0.124. The van der Waals surface area contributed by atoms with E-state index in [4.69, 9.17) is 5.21 Å². The van der Waals surface area contributed by atoms with E-state index < -0.39 is 5.91 Å². The molecule has 26 heavy (non-hydrogen) atoms. The van der Waals surface area contributed by atoms with E-state index in [9.17, 15) is 4.79 Å². The second-order valence-corrected chi connectivity index (χ2v) is 6.54. The van der Waals surface area contributed by atoms with E-state index in [1.165, 1.54) is 22.8 Å². The molecule has 1 aliphatic carbocycles. The Morgan fingerprint density at radius 1 is 1.15 bits per heavy atom. The highest BCUT2D eigenvalue weighted by atomic mass is 16.5. The van der Waals surface area contributed by atoms with E-state index in [2.05, 4.69) is 41.7 Å². The highest BCUT2D eigenvalue weighted by Crippen LogP contribution is 2.24. The fourth-order valence-corrected chi connectivity index (χ4v) is 3.15. The number of carbonyl (C=O) groups excluding carboxylic acids is 1. The van der Waals surface area contributed by atoms with Crippen molar-refractivity contribution >= 4 is 18.1 Å². The predicted molar refractivity (Wildman–Crippen MR) is 104 cm³/mol. The van der Waals surface area contributed by atoms with Gasteiger partial charge < -0.3 is 5.32 Å². The zero-order valence-corrected chi connectivity index (χ0v) is 14.7. The standard InChI is InChI=1S/C22H24N2O2/c25-22(24-26)12-10-17-5-7-19(8-6-17)16-23-14-13-18-9-11-20-3-1-2-4-21(20)15-18/h1-12,18,23,26H,13-16H2,(H,24,25)/b12-10+. The Bertz CT molecular complexity index is 794. The molecule has 0 spiro atoms. The predicted octanol–water partition coefficient (Wildman–Crippen LogP) is 3.57. The summed E-state index contributed by atoms with van der Waals surface area (Å²) >= 11 is 0. The highest BCUT2D eigenvalue weighted by Gasteiger charge is 2.12. The third-order valence-electron chi connectivity index (χ3n) is 4.62. The number of amides is 1. The van der Waals surface area contributed by atoms with Crippen molar-refractivity contribution in [1.82, 2.24) is 10.8 Å². The second-order valence-electron chi connectivity index (χ2n) is 6.54. The lowest BCUT2D eigenvalue weighted by atomic mass is 9.88. The molecule has 1 unspecified atom stereocenters. The maximum Gasteiger partial charge on any atom is 0.267 e. The Morgan fingerprint density at radius 2 is 1.96 bits per heavy atom. The zero-order valence-electron chi connectivity index (χ0n) is 14.7. The quantitative estimate of drug-likeness (QED) is 0.310. The van der Waals surface area contributed by atoms with Gasteiger partial charge in [0, 0.05) is 12.6 Å². The topological polar surface area (TPSA) is 61.4 Å². The summed E-state index contributed by atoms with van der Waals surface area (Å²) in [5, 5.41) is 12.0. The number of benzene rings is 2. The summed E-state index contributed by atoms with van der Waals surface area (Å²) in [4.78, 5) is 11.0. The largest absolute Gasteiger partial charge is 0.313 e. The van der Waals surface area contributed by atoms with E-state index >= 15 is 0 Å². The Morgan fingerprint density at radius 3 is 2.77 bits per heavy atom. The molecule has 3 rings (SSSR count). The molecule has 0 aliphatic heterocycles. The van der Waals surface area contributed by atoms with Crippen molar-refractivity contribution < 1.29 is 10.0 Å². The minimum Gasteiger partial charge on any atom is -0.313 e. The van der Waals surface area contributed by atoms with Crippen LogP contribution in [0.3, 0.4) is 0 Å². The minimum atomic E-state index is -0.532. The van der Waals surface area contributed by atoms with Gasteiger partial charge in [0.1, 0.15) is 0 Å². The maximum atomic E-state index is 11.0. The van der Waals surface area contributed by atoms with Gasteiger partial charge in [0.05, 0.1) is 0 Å². The summed E-state index contributed by atoms with van der Waals surface area (Å²) in [7, 11) is 0. The number of carbonyl (C=O) groups is 1. The number of hydroxylamine groups is 1. The van der Waals surface area contributed by atoms with Crippen molar-refractivity contribution in [3.63, 3.8) is 0 Å². The number of rotatable bonds is 7. The van der Waals surface area contributed by atoms with Gasteiger partial charge >= 0.3 is 0 Å². The molecule has 1 amide bonds. The van der Waals surface area contributed by atoms with Crippen LogP contribution < -0.4 is 10.8 Å². The molecule has 0 saturated heterocycles. The smallest absolute Gasteiger partial charge is 0.267 e. The van der Waals surface area contributed by atoms with Gasteiger partial charge in [-0.05, 0) is 53.6 Å². The molecule has 0 fully saturated rings. The number of hydrogen-bond donors (Lipinski definition) is 3. The average molecular weight is 348 g/mol. The number of allylic oxidation sites excluding steroid dienone is 1. The molecule has 0 heterocycles. The maximum absolute atomic E-state index is 11.0. The highest BCUT2D eigenvalue weighted by molar-refractivity contribution is 5.90. The number of fused-ring (bicyclic) bond motifs is 1. The van der Waals surface area contributed by atoms with Crippen LogP contribution in [0.4, 0.5) is 0 Å². The molecular formula is C22H24N2O2. The Kier molecular flexibility index (Phi) is 6.36. The first-order valence-electron chi connectivity index (χ1n) is 8.92. The van der Waals surface area contributed by atoms with Crippen molar-refractivity contribution in [2.24, 2.45) is 5.92 Å². The SMILES string of the molecule is O=C(/C=C/c1ccc(CNCCC2C=Cc3ccccc3C2)cc1)NO. The molecule has 2 aromatic rings. The van der Waals surface area contributed by atoms with Gasteiger partial charge in [0.2, 0.25) is 0 Å². The fraction of sp³-hybridized carbons (Fsp3) is 0.227. The summed E-state index contributed by atoms with van der Waals surface area (Å²) in [5.74, 6) is 0.0673. The van der Waals surface area contributed by atoms with Crippen LogP contribution in [-0.4, -0.2) is 17.7 Å². The van der Waals surface area contributed by atoms with Crippen LogP contribution in [0.25, 0.3) is 12.2 Å². The van der Waals surface area contributed by atoms with Gasteiger partial charge in [-0.1, -0.05) is 60.7 Å². The average Bonchev–Trinajstić information content (AvgIpc) is 2.70. The third-order valence-corrected chi connectivity index (χ3v) is 4.62. The summed E-state index contributed by atoms with van der Waals surface area (Å²) in [5.41, 5.74) is 6.49. The first-order chi connectivity index (χ1) is 12.7. The Balaban J connectivity index is 1.40. The van der Waals surface area contributed by atoms with E-state index in [0.29, 0.717) is 5.92 Å². The van der Waals surface area contributed by atoms with Crippen molar-refractivity contribution in [3.05, 3.63) is 82.9 Å². The molecule has 3 N–H and O–H groups in total. The zero-order chi connectivity index (χ0) is 18.2. The molecular weight excluding hydrogens is 324 g/mol. The summed E-state index contributed by atoms with van der Waals surface area (Å²) in [6, 6.07) is 16.6. The summed E-state index contributed by atoms with van der Waals surface area (Å²) in [6.07, 6.45) is 9.78. The lowest BCUT2D eigenvalue weighted by Crippen LogP contribution is -2.19. The van der Waals surface area contributed by atoms with E-state index in [-0.39, 0.29) is 0 Å². The van der Waals surface area contributed by atoms with Crippen molar-refractivity contribution in [1.29, 1.82) is 0 Å². The van der Waals surface area contributed by atoms with Gasteiger partial charge in [-0.2, -0.15) is 0 Å². The van der Waals surface area contributed by atoms with Crippen LogP contribution in [-0.2, 0) is 17.8 Å². The van der Waals surface area contributed by atoms with Crippen LogP contribution >= 0.6 is 0 Å². The monoisotopic (exact) mass is 348 g/mol. The van der Waals surface area contributed by atoms with Gasteiger partial charge in [0.15, 0.2) is 0 Å². The van der Waals surface area contributed by atoms with Crippen molar-refractivity contribution in [2.75, 3.05) is 6.54 Å². The Labute approximate surface area is 154 Å². The number of hydrogen-bond acceptors (Lipinski definition) is 3. The van der Waals surface area contributed by atoms with Crippen LogP contribution in [0.2, 0.25) is 0 Å². The first-order valence-corrected chi connectivity index (χ1v) is 8.92. The first kappa shape index (κ1) is 18.1. The molecule has 2 aromatic carbocycles. The molecule has 4 nitrogen and oxygen atoms in total.